The number of rotatable bonds is 12. The van der Waals surface area contributed by atoms with Gasteiger partial charge in [0.15, 0.2) is 0 Å². The first-order valence-electron chi connectivity index (χ1n) is 14.7. The van der Waals surface area contributed by atoms with Crippen LogP contribution in [0.15, 0.2) is 42.7 Å². The number of imidazole rings is 1. The van der Waals surface area contributed by atoms with Crippen LogP contribution in [0.5, 0.6) is 0 Å². The number of H-pyrrole nitrogens is 1. The number of aromatic amines is 1. The maximum Gasteiger partial charge on any atom is 0.418 e. The first-order valence-corrected chi connectivity index (χ1v) is 14.7. The summed E-state index contributed by atoms with van der Waals surface area (Å²) in [6, 6.07) is 5.60. The predicted octanol–water partition coefficient (Wildman–Crippen LogP) is 6.59. The fourth-order valence-corrected chi connectivity index (χ4v) is 5.46. The van der Waals surface area contributed by atoms with E-state index in [0.717, 1.165) is 43.4 Å². The van der Waals surface area contributed by atoms with Gasteiger partial charge in [0.05, 0.1) is 30.1 Å². The molecule has 0 radical (unpaired) electrons. The van der Waals surface area contributed by atoms with Gasteiger partial charge in [0.1, 0.15) is 11.6 Å². The van der Waals surface area contributed by atoms with Gasteiger partial charge < -0.3 is 20.7 Å². The molecule has 4 rings (SSSR count). The summed E-state index contributed by atoms with van der Waals surface area (Å²) in [6.07, 6.45) is 2.62. The van der Waals surface area contributed by atoms with E-state index in [-0.39, 0.29) is 36.7 Å². The Morgan fingerprint density at radius 1 is 1.09 bits per heavy atom. The highest BCUT2D eigenvalue weighted by Crippen LogP contribution is 2.38. The molecule has 3 amide bonds. The van der Waals surface area contributed by atoms with Crippen LogP contribution >= 0.6 is 0 Å². The summed E-state index contributed by atoms with van der Waals surface area (Å²) >= 11 is 0. The van der Waals surface area contributed by atoms with Crippen LogP contribution in [0.4, 0.5) is 29.5 Å². The van der Waals surface area contributed by atoms with Crippen LogP contribution in [0.3, 0.4) is 0 Å². The zero-order valence-corrected chi connectivity index (χ0v) is 24.6. The van der Waals surface area contributed by atoms with E-state index in [2.05, 4.69) is 30.9 Å². The smallest absolute Gasteiger partial charge is 0.418 e. The summed E-state index contributed by atoms with van der Waals surface area (Å²) in [5.41, 5.74) is 0.0472. The third kappa shape index (κ3) is 9.04. The molecule has 0 aliphatic heterocycles. The molecule has 10 nitrogen and oxygen atoms in total. The van der Waals surface area contributed by atoms with Gasteiger partial charge >= 0.3 is 18.2 Å². The number of nitrogens with zero attached hydrogens (tertiary/aromatic N) is 2. The second kappa shape index (κ2) is 14.4. The average Bonchev–Trinajstić information content (AvgIpc) is 3.65. The van der Waals surface area contributed by atoms with Crippen molar-refractivity contribution in [2.45, 2.75) is 83.4 Å². The van der Waals surface area contributed by atoms with Crippen molar-refractivity contribution < 1.29 is 32.7 Å². The van der Waals surface area contributed by atoms with Crippen LogP contribution in [-0.2, 0) is 28.6 Å². The standard InChI is InChI=1S/C31H37F3N6O4/c1-18(2)14-25(29-36-17-21(37-29)10-12-27(42)43)38-26(41)16-19-9-11-24(23(15-19)31(32,33)34)39-30(44)40-28-22(8-5-13-35-28)20-6-3-4-7-20/h5,8-9,11,13,15,17-18,20,25H,3-4,6-7,10,12,14,16H2,1-2H3,(H,36,37)(H,38,41)(H,42,43)(H2,35,39,40,44). The lowest BCUT2D eigenvalue weighted by atomic mass is 9.98. The highest BCUT2D eigenvalue weighted by atomic mass is 19.4. The summed E-state index contributed by atoms with van der Waals surface area (Å²) in [7, 11) is 0. The number of benzene rings is 1. The number of pyridine rings is 1. The number of aryl methyl sites for hydroxylation is 1. The minimum atomic E-state index is -4.80. The molecule has 1 unspecified atom stereocenters. The number of alkyl halides is 3. The molecule has 13 heteroatoms. The molecule has 2 heterocycles. The molecule has 2 aromatic heterocycles. The summed E-state index contributed by atoms with van der Waals surface area (Å²) in [5.74, 6) is -0.308. The number of halogens is 3. The van der Waals surface area contributed by atoms with Gasteiger partial charge in [-0.3, -0.25) is 14.9 Å². The van der Waals surface area contributed by atoms with E-state index >= 15 is 0 Å². The number of hydrogen-bond donors (Lipinski definition) is 5. The fourth-order valence-electron chi connectivity index (χ4n) is 5.46. The molecule has 1 aliphatic carbocycles. The van der Waals surface area contributed by atoms with E-state index in [9.17, 15) is 27.6 Å². The van der Waals surface area contributed by atoms with Crippen LogP contribution < -0.4 is 16.0 Å². The minimum Gasteiger partial charge on any atom is -0.481 e. The van der Waals surface area contributed by atoms with E-state index in [1.165, 1.54) is 18.5 Å². The van der Waals surface area contributed by atoms with E-state index in [1.54, 1.807) is 6.07 Å². The van der Waals surface area contributed by atoms with Crippen molar-refractivity contribution in [2.24, 2.45) is 5.92 Å². The van der Waals surface area contributed by atoms with Gasteiger partial charge in [-0.2, -0.15) is 13.2 Å². The van der Waals surface area contributed by atoms with E-state index < -0.39 is 41.4 Å². The quantitative estimate of drug-likeness (QED) is 0.155. The number of carbonyl (C=O) groups is 3. The first-order chi connectivity index (χ1) is 20.9. The zero-order chi connectivity index (χ0) is 31.9. The average molecular weight is 615 g/mol. The molecule has 3 aromatic rings. The Hall–Kier alpha value is -4.42. The van der Waals surface area contributed by atoms with Crippen LogP contribution in [0.2, 0.25) is 0 Å². The number of carbonyl (C=O) groups excluding carboxylic acids is 2. The molecule has 0 spiro atoms. The Bertz CT molecular complexity index is 1470. The molecule has 1 atom stereocenters. The Morgan fingerprint density at radius 2 is 1.84 bits per heavy atom. The van der Waals surface area contributed by atoms with Crippen molar-refractivity contribution in [3.05, 3.63) is 70.9 Å². The number of urea groups is 1. The van der Waals surface area contributed by atoms with Crippen LogP contribution in [0.25, 0.3) is 0 Å². The topological polar surface area (TPSA) is 149 Å². The SMILES string of the molecule is CC(C)CC(NC(=O)Cc1ccc(NC(=O)Nc2ncccc2C2CCCC2)c(C(F)(F)F)c1)c1ncc(CCC(=O)O)[nH]1. The van der Waals surface area contributed by atoms with Gasteiger partial charge in [-0.05, 0) is 66.8 Å². The minimum absolute atomic E-state index is 0.0818. The summed E-state index contributed by atoms with van der Waals surface area (Å²) in [6.45, 7) is 3.91. The van der Waals surface area contributed by atoms with Crippen molar-refractivity contribution >= 4 is 29.4 Å². The van der Waals surface area contributed by atoms with Crippen molar-refractivity contribution in [3.8, 4) is 0 Å². The molecule has 44 heavy (non-hydrogen) atoms. The second-order valence-electron chi connectivity index (χ2n) is 11.5. The van der Waals surface area contributed by atoms with Crippen molar-refractivity contribution in [1.82, 2.24) is 20.3 Å². The van der Waals surface area contributed by atoms with Gasteiger partial charge in [0.25, 0.3) is 0 Å². The van der Waals surface area contributed by atoms with Crippen LogP contribution in [0.1, 0.15) is 92.5 Å². The maximum atomic E-state index is 14.1. The summed E-state index contributed by atoms with van der Waals surface area (Å²) < 4.78 is 42.2. The number of aromatic nitrogens is 3. The largest absolute Gasteiger partial charge is 0.481 e. The number of hydrogen-bond acceptors (Lipinski definition) is 5. The fraction of sp³-hybridized carbons (Fsp3) is 0.452. The molecular weight excluding hydrogens is 577 g/mol. The van der Waals surface area contributed by atoms with Crippen LogP contribution in [0, 0.1) is 5.92 Å². The highest BCUT2D eigenvalue weighted by molar-refractivity contribution is 6.00. The molecule has 236 valence electrons. The van der Waals surface area contributed by atoms with E-state index in [0.29, 0.717) is 23.8 Å². The van der Waals surface area contributed by atoms with Gasteiger partial charge in [0.2, 0.25) is 5.91 Å². The number of carboxylic acids is 1. The van der Waals surface area contributed by atoms with Gasteiger partial charge in [-0.1, -0.05) is 38.8 Å². The van der Waals surface area contributed by atoms with Gasteiger partial charge in [-0.25, -0.2) is 14.8 Å². The molecule has 0 bridgehead atoms. The summed E-state index contributed by atoms with van der Waals surface area (Å²) in [4.78, 5) is 48.2. The molecule has 1 saturated carbocycles. The third-order valence-corrected chi connectivity index (χ3v) is 7.50. The van der Waals surface area contributed by atoms with Crippen molar-refractivity contribution in [2.75, 3.05) is 10.6 Å². The third-order valence-electron chi connectivity index (χ3n) is 7.50. The highest BCUT2D eigenvalue weighted by Gasteiger charge is 2.35. The number of nitrogens with one attached hydrogen (secondary N) is 4. The molecule has 1 aromatic carbocycles. The monoisotopic (exact) mass is 614 g/mol. The van der Waals surface area contributed by atoms with Gasteiger partial charge in [0, 0.05) is 18.1 Å². The molecule has 5 N–H and O–H groups in total. The number of anilines is 2. The molecule has 1 aliphatic rings. The Kier molecular flexibility index (Phi) is 10.6. The van der Waals surface area contributed by atoms with E-state index in [1.807, 2.05) is 19.9 Å². The van der Waals surface area contributed by atoms with Gasteiger partial charge in [-0.15, -0.1) is 0 Å². The lowest BCUT2D eigenvalue weighted by molar-refractivity contribution is -0.137. The lowest BCUT2D eigenvalue weighted by Gasteiger charge is -2.20. The normalized spacial score (nSPS) is 14.4. The lowest BCUT2D eigenvalue weighted by Crippen LogP contribution is -2.31. The maximum absolute atomic E-state index is 14.1. The molecular formula is C31H37F3N6O4. The Balaban J connectivity index is 1.45. The number of carboxylic acid groups (broad SMARTS) is 1. The number of aliphatic carboxylic acids is 1. The number of amides is 3. The first kappa shape index (κ1) is 32.5. The predicted molar refractivity (Wildman–Crippen MR) is 158 cm³/mol. The Labute approximate surface area is 253 Å². The second-order valence-corrected chi connectivity index (χ2v) is 11.5. The van der Waals surface area contributed by atoms with Crippen molar-refractivity contribution in [3.63, 3.8) is 0 Å². The van der Waals surface area contributed by atoms with Crippen molar-refractivity contribution in [1.29, 1.82) is 0 Å². The Morgan fingerprint density at radius 3 is 2.52 bits per heavy atom. The molecule has 1 fully saturated rings. The molecule has 0 saturated heterocycles. The van der Waals surface area contributed by atoms with E-state index in [4.69, 9.17) is 5.11 Å². The summed E-state index contributed by atoms with van der Waals surface area (Å²) in [5, 5.41) is 16.7. The zero-order valence-electron chi connectivity index (χ0n) is 24.6. The van der Waals surface area contributed by atoms with Crippen LogP contribution in [-0.4, -0.2) is 38.0 Å².